The van der Waals surface area contributed by atoms with E-state index in [1.165, 1.54) is 0 Å². The van der Waals surface area contributed by atoms with E-state index in [1.807, 2.05) is 36.5 Å². The summed E-state index contributed by atoms with van der Waals surface area (Å²) in [5.74, 6) is 0.0490. The summed E-state index contributed by atoms with van der Waals surface area (Å²) in [6, 6.07) is 4.67. The van der Waals surface area contributed by atoms with Crippen LogP contribution in [0.2, 0.25) is 36.3 Å². The molecule has 1 amide bonds. The van der Waals surface area contributed by atoms with Gasteiger partial charge in [-0.3, -0.25) is 4.79 Å². The number of hydrogen-bond donors (Lipinski definition) is 1. The molecule has 29 heavy (non-hydrogen) atoms. The van der Waals surface area contributed by atoms with Gasteiger partial charge >= 0.3 is 0 Å². The molecule has 0 atom stereocenters. The third-order valence-electron chi connectivity index (χ3n) is 5.28. The first-order valence-electron chi connectivity index (χ1n) is 10.3. The zero-order chi connectivity index (χ0) is 22.3. The van der Waals surface area contributed by atoms with Crippen molar-refractivity contribution in [3.05, 3.63) is 88.1 Å². The number of nitrogens with zero attached hydrogens (tertiary/aromatic N) is 1. The van der Waals surface area contributed by atoms with Crippen molar-refractivity contribution in [2.45, 2.75) is 49.1 Å². The SMILES string of the molecule is C=CC[Si](CC=C)(CC=C)N(C(=O)C(=C)CCCN)[Si](CC=C)(CC=C)CC=C. The molecule has 0 fully saturated rings. The summed E-state index contributed by atoms with van der Waals surface area (Å²) in [5.41, 5.74) is 6.31. The molecular weight excluding hydrogens is 388 g/mol. The Balaban J connectivity index is 6.86. The van der Waals surface area contributed by atoms with Gasteiger partial charge in [-0.2, -0.15) is 0 Å². The van der Waals surface area contributed by atoms with Gasteiger partial charge in [0.05, 0.1) is 0 Å². The Morgan fingerprint density at radius 1 is 0.724 bits per heavy atom. The average Bonchev–Trinajstić information content (AvgIpc) is 2.67. The molecule has 0 bridgehead atoms. The standard InChI is InChI=1S/C24H40N2OSi2/c1-8-17-28(18-9-2,19-10-3)26(24(27)23(7)15-14-16-25)29(20-11-4,21-12-5)22-13-6/h8-13H,1-7,14-22,25H2. The van der Waals surface area contributed by atoms with Crippen molar-refractivity contribution >= 4 is 22.4 Å². The summed E-state index contributed by atoms with van der Waals surface area (Å²) < 4.78 is 2.27. The number of rotatable bonds is 18. The zero-order valence-electron chi connectivity index (χ0n) is 18.2. The number of amides is 1. The van der Waals surface area contributed by atoms with E-state index >= 15 is 0 Å². The van der Waals surface area contributed by atoms with Crippen molar-refractivity contribution in [3.63, 3.8) is 0 Å². The van der Waals surface area contributed by atoms with Crippen LogP contribution in [-0.2, 0) is 4.79 Å². The lowest BCUT2D eigenvalue weighted by molar-refractivity contribution is -0.120. The largest absolute Gasteiger partial charge is 0.390 e. The van der Waals surface area contributed by atoms with Crippen LogP contribution in [0.25, 0.3) is 0 Å². The molecule has 0 aliphatic heterocycles. The van der Waals surface area contributed by atoms with E-state index in [4.69, 9.17) is 5.73 Å². The summed E-state index contributed by atoms with van der Waals surface area (Å²) in [6.07, 6.45) is 13.0. The predicted octanol–water partition coefficient (Wildman–Crippen LogP) is 6.12. The number of carbonyl (C=O) groups excluding carboxylic acids is 1. The molecular formula is C24H40N2OSi2. The monoisotopic (exact) mass is 428 g/mol. The fourth-order valence-corrected chi connectivity index (χ4v) is 16.3. The van der Waals surface area contributed by atoms with Gasteiger partial charge in [0.25, 0.3) is 0 Å². The Kier molecular flexibility index (Phi) is 13.1. The normalized spacial score (nSPS) is 11.2. The molecule has 160 valence electrons. The van der Waals surface area contributed by atoms with Crippen LogP contribution < -0.4 is 5.73 Å². The van der Waals surface area contributed by atoms with E-state index < -0.39 is 16.5 Å². The summed E-state index contributed by atoms with van der Waals surface area (Å²) in [6.45, 7) is 28.7. The smallest absolute Gasteiger partial charge is 0.233 e. The molecule has 0 aliphatic rings. The minimum absolute atomic E-state index is 0.0490. The van der Waals surface area contributed by atoms with E-state index in [-0.39, 0.29) is 5.91 Å². The number of hydrogen-bond acceptors (Lipinski definition) is 2. The zero-order valence-corrected chi connectivity index (χ0v) is 20.2. The van der Waals surface area contributed by atoms with Gasteiger partial charge in [0.2, 0.25) is 5.91 Å². The van der Waals surface area contributed by atoms with Crippen molar-refractivity contribution in [2.24, 2.45) is 5.73 Å². The lowest BCUT2D eigenvalue weighted by atomic mass is 10.1. The number of allylic oxidation sites excluding steroid dienone is 6. The lowest BCUT2D eigenvalue weighted by Crippen LogP contribution is -2.68. The highest BCUT2D eigenvalue weighted by Crippen LogP contribution is 2.39. The van der Waals surface area contributed by atoms with E-state index in [0.717, 1.165) is 42.7 Å². The molecule has 3 nitrogen and oxygen atoms in total. The van der Waals surface area contributed by atoms with Gasteiger partial charge in [0.15, 0.2) is 16.5 Å². The maximum Gasteiger partial charge on any atom is 0.233 e. The highest BCUT2D eigenvalue weighted by atomic mass is 28.4. The minimum atomic E-state index is -2.38. The maximum atomic E-state index is 13.9. The van der Waals surface area contributed by atoms with Crippen molar-refractivity contribution in [1.29, 1.82) is 0 Å². The summed E-state index contributed by atoms with van der Waals surface area (Å²) >= 11 is 0. The molecule has 0 heterocycles. The second kappa shape index (κ2) is 14.1. The van der Waals surface area contributed by atoms with Gasteiger partial charge in [0, 0.05) is 5.57 Å². The van der Waals surface area contributed by atoms with Crippen molar-refractivity contribution in [3.8, 4) is 0 Å². The van der Waals surface area contributed by atoms with Gasteiger partial charge in [-0.05, 0) is 55.7 Å². The Labute approximate surface area is 180 Å². The highest BCUT2D eigenvalue weighted by Gasteiger charge is 2.50. The molecule has 0 spiro atoms. The Bertz CT molecular complexity index is 533. The first kappa shape index (κ1) is 27.0. The topological polar surface area (TPSA) is 46.3 Å². The summed E-state index contributed by atoms with van der Waals surface area (Å²) in [4.78, 5) is 13.9. The Morgan fingerprint density at radius 2 is 1.03 bits per heavy atom. The van der Waals surface area contributed by atoms with Crippen LogP contribution in [0.3, 0.4) is 0 Å². The fourth-order valence-electron chi connectivity index (χ4n) is 4.17. The molecule has 0 aromatic rings. The average molecular weight is 429 g/mol. The van der Waals surface area contributed by atoms with Crippen LogP contribution in [0.4, 0.5) is 0 Å². The molecule has 2 N–H and O–H groups in total. The van der Waals surface area contributed by atoms with Gasteiger partial charge in [-0.1, -0.05) is 43.0 Å². The van der Waals surface area contributed by atoms with E-state index in [0.29, 0.717) is 18.5 Å². The first-order chi connectivity index (χ1) is 13.9. The van der Waals surface area contributed by atoms with Crippen LogP contribution in [0.5, 0.6) is 0 Å². The van der Waals surface area contributed by atoms with Crippen LogP contribution in [0.15, 0.2) is 88.1 Å². The molecule has 0 rings (SSSR count). The predicted molar refractivity (Wildman–Crippen MR) is 136 cm³/mol. The lowest BCUT2D eigenvalue weighted by Gasteiger charge is -2.52. The third-order valence-corrected chi connectivity index (χ3v) is 16.7. The molecule has 0 aromatic carbocycles. The molecule has 0 radical (unpaired) electrons. The second-order valence-corrected chi connectivity index (χ2v) is 16.2. The van der Waals surface area contributed by atoms with Crippen molar-refractivity contribution in [1.82, 2.24) is 4.23 Å². The summed E-state index contributed by atoms with van der Waals surface area (Å²) in [7, 11) is -4.76. The Morgan fingerprint density at radius 3 is 1.28 bits per heavy atom. The van der Waals surface area contributed by atoms with Crippen molar-refractivity contribution in [2.75, 3.05) is 6.54 Å². The van der Waals surface area contributed by atoms with Crippen molar-refractivity contribution < 1.29 is 4.79 Å². The Hall–Kier alpha value is -1.96. The number of carbonyl (C=O) groups is 1. The van der Waals surface area contributed by atoms with Gasteiger partial charge < -0.3 is 9.96 Å². The highest BCUT2D eigenvalue weighted by molar-refractivity contribution is 6.96. The fraction of sp³-hybridized carbons (Fsp3) is 0.375. The molecule has 0 aliphatic carbocycles. The van der Waals surface area contributed by atoms with Gasteiger partial charge in [-0.15, -0.1) is 39.5 Å². The molecule has 0 saturated heterocycles. The van der Waals surface area contributed by atoms with Crippen LogP contribution in [0.1, 0.15) is 12.8 Å². The van der Waals surface area contributed by atoms with E-state index in [9.17, 15) is 4.79 Å². The first-order valence-corrected chi connectivity index (χ1v) is 15.4. The minimum Gasteiger partial charge on any atom is -0.390 e. The molecule has 5 heteroatoms. The van der Waals surface area contributed by atoms with Gasteiger partial charge in [-0.25, -0.2) is 0 Å². The van der Waals surface area contributed by atoms with Crippen LogP contribution in [-0.4, -0.2) is 33.2 Å². The van der Waals surface area contributed by atoms with Gasteiger partial charge in [0.1, 0.15) is 0 Å². The third kappa shape index (κ3) is 7.10. The number of nitrogens with two attached hydrogens (primary N) is 1. The summed E-state index contributed by atoms with van der Waals surface area (Å²) in [5, 5.41) is 0. The molecule has 0 saturated carbocycles. The quantitative estimate of drug-likeness (QED) is 0.162. The van der Waals surface area contributed by atoms with Crippen LogP contribution >= 0.6 is 0 Å². The maximum absolute atomic E-state index is 13.9. The van der Waals surface area contributed by atoms with E-state index in [2.05, 4.69) is 50.3 Å². The van der Waals surface area contributed by atoms with E-state index in [1.54, 1.807) is 0 Å². The molecule has 0 unspecified atom stereocenters. The molecule has 0 aromatic heterocycles. The van der Waals surface area contributed by atoms with Crippen LogP contribution in [0, 0.1) is 0 Å². The second-order valence-electron chi connectivity index (χ2n) is 7.54.